The Kier molecular flexibility index (Phi) is 8.06. The molecule has 1 fully saturated rings. The van der Waals surface area contributed by atoms with Gasteiger partial charge in [-0.3, -0.25) is 9.59 Å². The molecule has 6 heteroatoms. The van der Waals surface area contributed by atoms with Crippen LogP contribution in [0.15, 0.2) is 24.3 Å². The number of nitrogens with zero attached hydrogens (tertiary/aromatic N) is 1. The molecule has 0 radical (unpaired) electrons. The zero-order valence-electron chi connectivity index (χ0n) is 18.9. The molecule has 1 atom stereocenters. The Labute approximate surface area is 176 Å². The second-order valence-electron chi connectivity index (χ2n) is 9.36. The average Bonchev–Trinajstić information content (AvgIpc) is 2.66. The third kappa shape index (κ3) is 6.16. The highest BCUT2D eigenvalue weighted by Crippen LogP contribution is 2.37. The van der Waals surface area contributed by atoms with Crippen molar-refractivity contribution in [2.24, 2.45) is 0 Å². The minimum atomic E-state index is -1.87. The Morgan fingerprint density at radius 1 is 1.17 bits per heavy atom. The quantitative estimate of drug-likeness (QED) is 0.470. The fourth-order valence-electron chi connectivity index (χ4n) is 3.37. The van der Waals surface area contributed by atoms with Crippen LogP contribution in [0.1, 0.15) is 62.9 Å². The molecule has 0 aliphatic carbocycles. The van der Waals surface area contributed by atoms with E-state index in [1.54, 1.807) is 6.92 Å². The summed E-state index contributed by atoms with van der Waals surface area (Å²) in [5.41, 5.74) is 1.32. The lowest BCUT2D eigenvalue weighted by Gasteiger charge is -2.41. The molecule has 0 unspecified atom stereocenters. The smallest absolute Gasteiger partial charge is 0.310 e. The number of likely N-dealkylation sites (tertiary alicyclic amines) is 1. The predicted molar refractivity (Wildman–Crippen MR) is 119 cm³/mol. The molecule has 0 spiro atoms. The first-order chi connectivity index (χ1) is 13.6. The van der Waals surface area contributed by atoms with E-state index in [9.17, 15) is 9.59 Å². The number of carbonyl (C=O) groups excluding carboxylic acids is 2. The predicted octanol–water partition coefficient (Wildman–Crippen LogP) is 4.81. The van der Waals surface area contributed by atoms with Crippen LogP contribution < -0.4 is 0 Å². The maximum Gasteiger partial charge on any atom is 0.310 e. The molecular formula is C23H37NO4Si. The van der Waals surface area contributed by atoms with Crippen molar-refractivity contribution in [3.63, 3.8) is 0 Å². The van der Waals surface area contributed by atoms with Gasteiger partial charge >= 0.3 is 5.97 Å². The van der Waals surface area contributed by atoms with Crippen LogP contribution in [0.2, 0.25) is 18.1 Å². The Balaban J connectivity index is 2.17. The van der Waals surface area contributed by atoms with Crippen molar-refractivity contribution in [3.8, 4) is 0 Å². The van der Waals surface area contributed by atoms with Crippen LogP contribution in [0.5, 0.6) is 0 Å². The Morgan fingerprint density at radius 2 is 1.86 bits per heavy atom. The number of rotatable bonds is 7. The summed E-state index contributed by atoms with van der Waals surface area (Å²) in [7, 11) is -1.87. The maximum absolute atomic E-state index is 13.4. The number of ether oxygens (including phenoxy) is 1. The van der Waals surface area contributed by atoms with Crippen molar-refractivity contribution in [2.75, 3.05) is 19.8 Å². The topological polar surface area (TPSA) is 55.8 Å². The molecule has 2 rings (SSSR count). The van der Waals surface area contributed by atoms with Crippen molar-refractivity contribution < 1.29 is 18.8 Å². The lowest BCUT2D eigenvalue weighted by Crippen LogP contribution is -2.50. The van der Waals surface area contributed by atoms with Gasteiger partial charge in [-0.25, -0.2) is 0 Å². The molecule has 0 aromatic heterocycles. The Hall–Kier alpha value is -1.66. The van der Waals surface area contributed by atoms with E-state index in [-0.39, 0.29) is 29.4 Å². The van der Waals surface area contributed by atoms with Crippen molar-refractivity contribution in [1.29, 1.82) is 0 Å². The molecular weight excluding hydrogens is 382 g/mol. The summed E-state index contributed by atoms with van der Waals surface area (Å²) in [5, 5.41) is 0.142. The first-order valence-corrected chi connectivity index (χ1v) is 13.7. The van der Waals surface area contributed by atoms with Crippen LogP contribution in [-0.2, 0) is 20.4 Å². The molecule has 0 saturated carbocycles. The van der Waals surface area contributed by atoms with Crippen LogP contribution in [0.3, 0.4) is 0 Å². The summed E-state index contributed by atoms with van der Waals surface area (Å²) in [6.45, 7) is 14.6. The third-order valence-corrected chi connectivity index (χ3v) is 10.7. The highest BCUT2D eigenvalue weighted by atomic mass is 28.4. The summed E-state index contributed by atoms with van der Waals surface area (Å²) in [6.07, 6.45) is 3.19. The SMILES string of the molecule is CCOC(=O)Cc1ccccc1C(=O)N1CCCC[C@H]1CO[Si](C)(C)C(C)(C)C. The minimum absolute atomic E-state index is 0.00608. The van der Waals surface area contributed by atoms with Gasteiger partial charge < -0.3 is 14.1 Å². The van der Waals surface area contributed by atoms with E-state index in [1.807, 2.05) is 29.2 Å². The zero-order valence-corrected chi connectivity index (χ0v) is 19.9. The van der Waals surface area contributed by atoms with Crippen LogP contribution in [0.4, 0.5) is 0 Å². The lowest BCUT2D eigenvalue weighted by atomic mass is 9.98. The second-order valence-corrected chi connectivity index (χ2v) is 14.2. The number of esters is 1. The molecule has 0 bridgehead atoms. The molecule has 1 heterocycles. The van der Waals surface area contributed by atoms with Gasteiger partial charge in [-0.15, -0.1) is 0 Å². The summed E-state index contributed by atoms with van der Waals surface area (Å²) in [6, 6.07) is 7.46. The molecule has 162 valence electrons. The molecule has 29 heavy (non-hydrogen) atoms. The maximum atomic E-state index is 13.4. The van der Waals surface area contributed by atoms with E-state index >= 15 is 0 Å². The first-order valence-electron chi connectivity index (χ1n) is 10.7. The van der Waals surface area contributed by atoms with E-state index in [0.717, 1.165) is 31.4 Å². The molecule has 0 N–H and O–H groups in total. The van der Waals surface area contributed by atoms with Crippen LogP contribution in [0.25, 0.3) is 0 Å². The Morgan fingerprint density at radius 3 is 2.52 bits per heavy atom. The van der Waals surface area contributed by atoms with Crippen molar-refractivity contribution >= 4 is 20.2 Å². The average molecular weight is 420 g/mol. The fourth-order valence-corrected chi connectivity index (χ4v) is 4.41. The van der Waals surface area contributed by atoms with Crippen LogP contribution in [0, 0.1) is 0 Å². The van der Waals surface area contributed by atoms with Gasteiger partial charge in [0.1, 0.15) is 0 Å². The van der Waals surface area contributed by atoms with Crippen molar-refractivity contribution in [2.45, 2.75) is 77.6 Å². The van der Waals surface area contributed by atoms with Gasteiger partial charge in [0.05, 0.1) is 25.7 Å². The monoisotopic (exact) mass is 419 g/mol. The summed E-state index contributed by atoms with van der Waals surface area (Å²) in [5.74, 6) is -0.308. The largest absolute Gasteiger partial charge is 0.466 e. The van der Waals surface area contributed by atoms with Crippen molar-refractivity contribution in [3.05, 3.63) is 35.4 Å². The van der Waals surface area contributed by atoms with Crippen molar-refractivity contribution in [1.82, 2.24) is 4.90 Å². The molecule has 1 aliphatic rings. The highest BCUT2D eigenvalue weighted by Gasteiger charge is 2.39. The molecule has 1 aromatic rings. The fraction of sp³-hybridized carbons (Fsp3) is 0.652. The third-order valence-electron chi connectivity index (χ3n) is 6.22. The number of piperidine rings is 1. The summed E-state index contributed by atoms with van der Waals surface area (Å²) >= 11 is 0. The summed E-state index contributed by atoms with van der Waals surface area (Å²) in [4.78, 5) is 27.4. The molecule has 1 saturated heterocycles. The zero-order chi connectivity index (χ0) is 21.7. The number of benzene rings is 1. The van der Waals surface area contributed by atoms with E-state index in [2.05, 4.69) is 33.9 Å². The van der Waals surface area contributed by atoms with Gasteiger partial charge in [0, 0.05) is 12.1 Å². The van der Waals surface area contributed by atoms with Gasteiger partial charge in [0.2, 0.25) is 0 Å². The van der Waals surface area contributed by atoms with Gasteiger partial charge in [-0.2, -0.15) is 0 Å². The first kappa shape index (κ1) is 23.6. The minimum Gasteiger partial charge on any atom is -0.466 e. The highest BCUT2D eigenvalue weighted by molar-refractivity contribution is 6.74. The number of hydrogen-bond acceptors (Lipinski definition) is 4. The van der Waals surface area contributed by atoms with Gasteiger partial charge in [-0.1, -0.05) is 39.0 Å². The molecule has 5 nitrogen and oxygen atoms in total. The number of amides is 1. The van der Waals surface area contributed by atoms with Gasteiger partial charge in [0.25, 0.3) is 5.91 Å². The van der Waals surface area contributed by atoms with E-state index in [4.69, 9.17) is 9.16 Å². The van der Waals surface area contributed by atoms with Crippen LogP contribution >= 0.6 is 0 Å². The van der Waals surface area contributed by atoms with E-state index < -0.39 is 8.32 Å². The number of carbonyl (C=O) groups is 2. The second kappa shape index (κ2) is 9.89. The lowest BCUT2D eigenvalue weighted by molar-refractivity contribution is -0.142. The van der Waals surface area contributed by atoms with E-state index in [1.165, 1.54) is 0 Å². The van der Waals surface area contributed by atoms with Gasteiger partial charge in [-0.05, 0) is 55.9 Å². The molecule has 1 amide bonds. The van der Waals surface area contributed by atoms with E-state index in [0.29, 0.717) is 18.8 Å². The molecule has 1 aromatic carbocycles. The summed E-state index contributed by atoms with van der Waals surface area (Å²) < 4.78 is 11.5. The van der Waals surface area contributed by atoms with Gasteiger partial charge in [0.15, 0.2) is 8.32 Å². The molecule has 1 aliphatic heterocycles. The number of hydrogen-bond donors (Lipinski definition) is 0. The normalized spacial score (nSPS) is 17.9. The van der Waals surface area contributed by atoms with Crippen LogP contribution in [-0.4, -0.2) is 50.9 Å². The standard InChI is InChI=1S/C23H37NO4Si/c1-7-27-21(25)16-18-12-8-9-14-20(18)22(26)24-15-11-10-13-19(24)17-28-29(5,6)23(2,3)4/h8-9,12,14,19H,7,10-11,13,15-17H2,1-6H3/t19-/m0/s1. The Bertz CT molecular complexity index is 711.